The van der Waals surface area contributed by atoms with Crippen molar-refractivity contribution in [3.05, 3.63) is 47.7 Å². The average Bonchev–Trinajstić information content (AvgIpc) is 3.47. The SMILES string of the molecule is CC(C)n1nccc1C(=O)N[C@H](c1cn2ncc(C(NC(=O)CCC(F)F)C3CC3)cc2n1)C1CCC(F)(F)CC1. The lowest BCUT2D eigenvalue weighted by Gasteiger charge is -2.33. The lowest BCUT2D eigenvalue weighted by molar-refractivity contribution is -0.122. The van der Waals surface area contributed by atoms with E-state index in [9.17, 15) is 27.2 Å². The Morgan fingerprint density at radius 1 is 1.05 bits per heavy atom. The van der Waals surface area contributed by atoms with Gasteiger partial charge >= 0.3 is 0 Å². The standard InChI is InChI=1S/C28H35F4N7O2/c1-16(2)39-21(9-12-33-39)27(41)37-26(18-7-10-28(31,32)11-8-18)20-15-38-23(35-20)13-19(14-34-38)25(17-3-4-17)36-24(40)6-5-22(29)30/h9,12-18,22,25-26H,3-8,10-11H2,1-2H3,(H,36,40)(H,37,41)/t25?,26-/m0/s1. The van der Waals surface area contributed by atoms with Crippen molar-refractivity contribution in [3.63, 3.8) is 0 Å². The Kier molecular flexibility index (Phi) is 8.32. The lowest BCUT2D eigenvalue weighted by atomic mass is 9.81. The summed E-state index contributed by atoms with van der Waals surface area (Å²) in [7, 11) is 0. The first-order valence-corrected chi connectivity index (χ1v) is 14.2. The highest BCUT2D eigenvalue weighted by atomic mass is 19.3. The Hall–Kier alpha value is -3.51. The van der Waals surface area contributed by atoms with Crippen molar-refractivity contribution in [3.8, 4) is 0 Å². The van der Waals surface area contributed by atoms with Crippen molar-refractivity contribution >= 4 is 17.5 Å². The van der Waals surface area contributed by atoms with Crippen molar-refractivity contribution in [2.45, 2.75) is 95.7 Å². The number of carbonyl (C=O) groups is 2. The fourth-order valence-electron chi connectivity index (χ4n) is 5.57. The largest absolute Gasteiger partial charge is 0.349 e. The maximum absolute atomic E-state index is 14.0. The number of imidazole rings is 1. The average molecular weight is 578 g/mol. The van der Waals surface area contributed by atoms with Gasteiger partial charge in [0.05, 0.1) is 30.2 Å². The van der Waals surface area contributed by atoms with Crippen LogP contribution >= 0.6 is 0 Å². The van der Waals surface area contributed by atoms with Gasteiger partial charge in [-0.05, 0) is 69.1 Å². The van der Waals surface area contributed by atoms with Crippen LogP contribution in [-0.4, -0.2) is 48.5 Å². The van der Waals surface area contributed by atoms with Crippen molar-refractivity contribution < 1.29 is 27.2 Å². The third kappa shape index (κ3) is 6.87. The van der Waals surface area contributed by atoms with E-state index in [1.807, 2.05) is 13.8 Å². The Balaban J connectivity index is 1.41. The molecule has 9 nitrogen and oxygen atoms in total. The molecule has 2 saturated carbocycles. The molecule has 2 atom stereocenters. The summed E-state index contributed by atoms with van der Waals surface area (Å²) in [6, 6.07) is 2.35. The monoisotopic (exact) mass is 577 g/mol. The molecule has 2 aliphatic carbocycles. The molecule has 2 amide bonds. The van der Waals surface area contributed by atoms with Crippen LogP contribution in [0.4, 0.5) is 17.6 Å². The molecule has 5 rings (SSSR count). The first-order chi connectivity index (χ1) is 19.5. The molecule has 0 aliphatic heterocycles. The van der Waals surface area contributed by atoms with Crippen LogP contribution in [0.3, 0.4) is 0 Å². The molecule has 41 heavy (non-hydrogen) atoms. The van der Waals surface area contributed by atoms with Crippen LogP contribution in [0.15, 0.2) is 30.7 Å². The first-order valence-electron chi connectivity index (χ1n) is 14.2. The lowest BCUT2D eigenvalue weighted by Crippen LogP contribution is -2.38. The van der Waals surface area contributed by atoms with Crippen molar-refractivity contribution in [1.29, 1.82) is 0 Å². The maximum Gasteiger partial charge on any atom is 0.270 e. The molecule has 2 aliphatic rings. The van der Waals surface area contributed by atoms with Crippen LogP contribution in [-0.2, 0) is 4.79 Å². The molecule has 0 radical (unpaired) electrons. The van der Waals surface area contributed by atoms with Crippen LogP contribution in [0, 0.1) is 11.8 Å². The van der Waals surface area contributed by atoms with Gasteiger partial charge in [0.15, 0.2) is 5.65 Å². The van der Waals surface area contributed by atoms with E-state index in [1.54, 1.807) is 39.9 Å². The number of carbonyl (C=O) groups excluding carboxylic acids is 2. The Labute approximate surface area is 235 Å². The molecule has 0 bridgehead atoms. The molecule has 2 fully saturated rings. The highest BCUT2D eigenvalue weighted by Gasteiger charge is 2.40. The predicted molar refractivity (Wildman–Crippen MR) is 142 cm³/mol. The molecule has 13 heteroatoms. The molecule has 0 saturated heterocycles. The van der Waals surface area contributed by atoms with Crippen molar-refractivity contribution in [2.75, 3.05) is 0 Å². The van der Waals surface area contributed by atoms with Gasteiger partial charge < -0.3 is 10.6 Å². The molecular weight excluding hydrogens is 542 g/mol. The van der Waals surface area contributed by atoms with E-state index in [-0.39, 0.29) is 61.9 Å². The molecule has 3 aromatic heterocycles. The van der Waals surface area contributed by atoms with Crippen LogP contribution < -0.4 is 10.6 Å². The van der Waals surface area contributed by atoms with Gasteiger partial charge in [-0.2, -0.15) is 10.2 Å². The van der Waals surface area contributed by atoms with E-state index in [4.69, 9.17) is 4.98 Å². The molecule has 1 unspecified atom stereocenters. The Morgan fingerprint density at radius 3 is 2.41 bits per heavy atom. The van der Waals surface area contributed by atoms with Crippen LogP contribution in [0.25, 0.3) is 5.65 Å². The number of rotatable bonds is 11. The molecule has 0 spiro atoms. The first kappa shape index (κ1) is 29.0. The summed E-state index contributed by atoms with van der Waals surface area (Å²) in [4.78, 5) is 30.4. The quantitative estimate of drug-likeness (QED) is 0.296. The molecular formula is C28H35F4N7O2. The topological polar surface area (TPSA) is 106 Å². The third-order valence-corrected chi connectivity index (χ3v) is 7.95. The zero-order valence-corrected chi connectivity index (χ0v) is 23.1. The fourth-order valence-corrected chi connectivity index (χ4v) is 5.57. The number of hydrogen-bond donors (Lipinski definition) is 2. The second kappa shape index (κ2) is 11.8. The Bertz CT molecular complexity index is 1370. The zero-order chi connectivity index (χ0) is 29.3. The number of amides is 2. The minimum Gasteiger partial charge on any atom is -0.349 e. The number of nitrogens with one attached hydrogen (secondary N) is 2. The van der Waals surface area contributed by atoms with Gasteiger partial charge in [0.2, 0.25) is 18.3 Å². The summed E-state index contributed by atoms with van der Waals surface area (Å²) in [6.45, 7) is 3.82. The van der Waals surface area contributed by atoms with E-state index >= 15 is 0 Å². The minimum atomic E-state index is -2.73. The Morgan fingerprint density at radius 2 is 1.76 bits per heavy atom. The molecule has 0 aromatic carbocycles. The van der Waals surface area contributed by atoms with Gasteiger partial charge in [0.1, 0.15) is 5.69 Å². The third-order valence-electron chi connectivity index (χ3n) is 7.95. The number of halogens is 4. The second-order valence-electron chi connectivity index (χ2n) is 11.5. The maximum atomic E-state index is 14.0. The summed E-state index contributed by atoms with van der Waals surface area (Å²) in [5, 5.41) is 14.6. The van der Waals surface area contributed by atoms with Crippen LogP contribution in [0.5, 0.6) is 0 Å². The van der Waals surface area contributed by atoms with E-state index in [2.05, 4.69) is 20.8 Å². The smallest absolute Gasteiger partial charge is 0.270 e. The highest BCUT2D eigenvalue weighted by Crippen LogP contribution is 2.43. The van der Waals surface area contributed by atoms with Gasteiger partial charge in [-0.1, -0.05) is 0 Å². The van der Waals surface area contributed by atoms with Crippen LogP contribution in [0.2, 0.25) is 0 Å². The number of hydrogen-bond acceptors (Lipinski definition) is 5. The molecule has 2 N–H and O–H groups in total. The summed E-state index contributed by atoms with van der Waals surface area (Å²) >= 11 is 0. The summed E-state index contributed by atoms with van der Waals surface area (Å²) in [5.74, 6) is -3.61. The van der Waals surface area contributed by atoms with E-state index in [0.717, 1.165) is 12.8 Å². The molecule has 3 heterocycles. The summed E-state index contributed by atoms with van der Waals surface area (Å²) < 4.78 is 56.4. The van der Waals surface area contributed by atoms with Gasteiger partial charge in [0, 0.05) is 37.9 Å². The van der Waals surface area contributed by atoms with Crippen molar-refractivity contribution in [1.82, 2.24) is 35.0 Å². The van der Waals surface area contributed by atoms with Gasteiger partial charge in [0.25, 0.3) is 5.91 Å². The van der Waals surface area contributed by atoms with Gasteiger partial charge in [-0.3, -0.25) is 14.3 Å². The minimum absolute atomic E-state index is 0.0503. The molecule has 3 aromatic rings. The summed E-state index contributed by atoms with van der Waals surface area (Å²) in [6.07, 6.45) is 3.26. The normalized spacial score (nSPS) is 19.0. The number of aromatic nitrogens is 5. The van der Waals surface area contributed by atoms with Gasteiger partial charge in [-0.25, -0.2) is 27.1 Å². The van der Waals surface area contributed by atoms with Gasteiger partial charge in [-0.15, -0.1) is 0 Å². The van der Waals surface area contributed by atoms with E-state index < -0.39 is 30.7 Å². The summed E-state index contributed by atoms with van der Waals surface area (Å²) in [5.41, 5.74) is 2.04. The zero-order valence-electron chi connectivity index (χ0n) is 23.1. The van der Waals surface area contributed by atoms with E-state index in [0.29, 0.717) is 22.6 Å². The van der Waals surface area contributed by atoms with Crippen molar-refractivity contribution in [2.24, 2.45) is 11.8 Å². The number of fused-ring (bicyclic) bond motifs is 1. The van der Waals surface area contributed by atoms with E-state index in [1.165, 1.54) is 0 Å². The predicted octanol–water partition coefficient (Wildman–Crippen LogP) is 5.42. The number of alkyl halides is 4. The highest BCUT2D eigenvalue weighted by molar-refractivity contribution is 5.92. The van der Waals surface area contributed by atoms with Crippen LogP contribution in [0.1, 0.15) is 105 Å². The second-order valence-corrected chi connectivity index (χ2v) is 11.5. The number of nitrogens with zero attached hydrogens (tertiary/aromatic N) is 5. The fraction of sp³-hybridized carbons (Fsp3) is 0.607. The molecule has 222 valence electrons.